The zero-order chi connectivity index (χ0) is 72.4. The maximum absolute atomic E-state index is 14.8. The lowest BCUT2D eigenvalue weighted by atomic mass is 9.95. The van der Waals surface area contributed by atoms with Crippen molar-refractivity contribution in [3.63, 3.8) is 0 Å². The van der Waals surface area contributed by atoms with Gasteiger partial charge in [-0.1, -0.05) is 29.3 Å². The molecule has 548 valence electrons. The molecule has 4 fully saturated rings. The fourth-order valence-corrected chi connectivity index (χ4v) is 20.5. The minimum Gasteiger partial charge on any atom is -0.387 e. The van der Waals surface area contributed by atoms with Crippen molar-refractivity contribution in [3.8, 4) is 0 Å². The average Bonchev–Trinajstić information content (AvgIpc) is 1.60. The number of aliphatic hydroxyl groups excluding tert-OH is 4. The van der Waals surface area contributed by atoms with E-state index in [2.05, 4.69) is 138 Å². The number of aryl methyl sites for hydroxylation is 3. The van der Waals surface area contributed by atoms with Gasteiger partial charge in [0.1, 0.15) is 11.6 Å². The molecular formula is C87H95BrF2N12O4. The van der Waals surface area contributed by atoms with E-state index in [-0.39, 0.29) is 12.6 Å². The number of rotatable bonds is 12. The Morgan fingerprint density at radius 3 is 1.17 bits per heavy atom. The van der Waals surface area contributed by atoms with E-state index in [9.17, 15) is 29.2 Å². The van der Waals surface area contributed by atoms with E-state index < -0.39 is 36.1 Å². The monoisotopic (exact) mass is 1490 g/mol. The molecule has 8 aliphatic heterocycles. The number of pyridine rings is 4. The Hall–Kier alpha value is -8.34. The first-order valence-electron chi connectivity index (χ1n) is 38.5. The van der Waals surface area contributed by atoms with Gasteiger partial charge in [-0.05, 0) is 244 Å². The molecule has 16 nitrogen and oxygen atoms in total. The Kier molecular flexibility index (Phi) is 20.0. The molecule has 12 aromatic rings. The van der Waals surface area contributed by atoms with Gasteiger partial charge in [0.25, 0.3) is 0 Å². The maximum atomic E-state index is 14.8. The van der Waals surface area contributed by atoms with Gasteiger partial charge in [-0.25, -0.2) is 8.78 Å². The first-order valence-corrected chi connectivity index (χ1v) is 39.3. The molecule has 0 bridgehead atoms. The van der Waals surface area contributed by atoms with Crippen molar-refractivity contribution in [2.24, 2.45) is 0 Å². The molecule has 4 aromatic carbocycles. The lowest BCUT2D eigenvalue weighted by Crippen LogP contribution is -2.31. The SMILES string of the molecule is Cc1cc(Br)c2c(c1)c1c(n2CC(O)c2ccncc2)CCN2CCCC12.Cc1ccc2c(c1)c1c(n2CC(O)c2cccnc2)CCN2CCCC12.Cc1ccc2c(c1)c1c(n2CC(O)c2ccncc2)CCN2CCCC12.OC(Cn1c2c(c3cc(F)cc(F)c31)C1CCCN1CC2)c1ccncc1. The lowest BCUT2D eigenvalue weighted by Gasteiger charge is -2.31. The van der Waals surface area contributed by atoms with Crippen molar-refractivity contribution in [2.75, 3.05) is 52.4 Å². The summed E-state index contributed by atoms with van der Waals surface area (Å²) < 4.78 is 39.0. The van der Waals surface area contributed by atoms with Gasteiger partial charge >= 0.3 is 0 Å². The van der Waals surface area contributed by atoms with Gasteiger partial charge in [0.15, 0.2) is 0 Å². The van der Waals surface area contributed by atoms with Crippen LogP contribution >= 0.6 is 15.9 Å². The topological polar surface area (TPSA) is 165 Å². The molecule has 4 N–H and O–H groups in total. The van der Waals surface area contributed by atoms with Gasteiger partial charge < -0.3 is 38.7 Å². The van der Waals surface area contributed by atoms with Crippen molar-refractivity contribution in [3.05, 3.63) is 259 Å². The molecule has 8 atom stereocenters. The minimum absolute atomic E-state index is 0.219. The molecule has 0 spiro atoms. The number of benzene rings is 4. The van der Waals surface area contributed by atoms with Gasteiger partial charge in [0.2, 0.25) is 0 Å². The summed E-state index contributed by atoms with van der Waals surface area (Å²) in [5, 5.41) is 48.1. The van der Waals surface area contributed by atoms with Crippen molar-refractivity contribution in [2.45, 2.75) is 173 Å². The Morgan fingerprint density at radius 2 is 0.755 bits per heavy atom. The summed E-state index contributed by atoms with van der Waals surface area (Å²) >= 11 is 3.82. The van der Waals surface area contributed by atoms with Crippen LogP contribution in [0, 0.1) is 32.4 Å². The highest BCUT2D eigenvalue weighted by Crippen LogP contribution is 2.49. The second-order valence-electron chi connectivity index (χ2n) is 30.8. The summed E-state index contributed by atoms with van der Waals surface area (Å²) in [7, 11) is 0. The Bertz CT molecular complexity index is 4860. The van der Waals surface area contributed by atoms with E-state index >= 15 is 0 Å². The number of halogens is 3. The van der Waals surface area contributed by atoms with Crippen LogP contribution in [-0.4, -0.2) is 131 Å². The normalized spacial score (nSPS) is 20.8. The second-order valence-corrected chi connectivity index (χ2v) is 31.7. The standard InChI is InChI=1S/C22H24BrN3O.2C22H25N3O.C21H21F2N3O/c1-14-11-16-21-18-3-2-9-25(18)10-6-19(21)26(22(16)17(23)12-14)13-20(27)15-4-7-24-8-5-15;1-15-6-7-18-17(12-15)22-19-5-3-10-24(19)11-8-20(22)25(18)14-21(26)16-4-2-9-23-13-16;1-15-4-5-18-17(13-15)22-19-3-2-11-24(19)12-8-20(22)25(18)14-21(26)16-6-9-23-10-7-16;22-14-10-15-20-17-2-1-8-25(17)9-5-18(20)26(21(15)16(23)11-14)12-19(27)13-3-6-24-7-4-13/h4-5,7-8,11-12,18,20,27H,2-3,6,9-10,13H2,1H3;2,4,6-7,9,12-13,19,21,26H,3,5,8,10-11,14H2,1H3;4-7,9-10,13,19,21,26H,2-3,8,11-12,14H2,1H3;3-4,6-7,10-11,17,19,27H,1-2,5,8-9,12H2. The van der Waals surface area contributed by atoms with Crippen LogP contribution in [0.1, 0.15) is 184 Å². The van der Waals surface area contributed by atoms with Crippen molar-refractivity contribution in [1.29, 1.82) is 0 Å². The summed E-state index contributed by atoms with van der Waals surface area (Å²) in [6.07, 6.45) is 25.1. The van der Waals surface area contributed by atoms with Crippen molar-refractivity contribution >= 4 is 59.5 Å². The van der Waals surface area contributed by atoms with E-state index in [0.717, 1.165) is 115 Å². The van der Waals surface area contributed by atoms with Crippen LogP contribution in [0.15, 0.2) is 163 Å². The van der Waals surface area contributed by atoms with Crippen LogP contribution < -0.4 is 0 Å². The Labute approximate surface area is 626 Å². The summed E-state index contributed by atoms with van der Waals surface area (Å²) in [5.41, 5.74) is 22.4. The minimum atomic E-state index is -0.779. The molecule has 0 amide bonds. The fraction of sp³-hybridized carbons (Fsp3) is 0.402. The molecule has 0 radical (unpaired) electrons. The third-order valence-corrected chi connectivity index (χ3v) is 25.1. The molecule has 8 aliphatic rings. The first-order chi connectivity index (χ1) is 51.7. The molecule has 0 aliphatic carbocycles. The molecule has 8 unspecified atom stereocenters. The highest BCUT2D eigenvalue weighted by atomic mass is 79.9. The number of fused-ring (bicyclic) bond motifs is 20. The molecule has 8 aromatic heterocycles. The largest absolute Gasteiger partial charge is 0.387 e. The summed E-state index contributed by atoms with van der Waals surface area (Å²) in [6.45, 7) is 17.5. The first kappa shape index (κ1) is 70.6. The second kappa shape index (κ2) is 30.0. The van der Waals surface area contributed by atoms with E-state index in [1.165, 1.54) is 147 Å². The predicted molar refractivity (Wildman–Crippen MR) is 415 cm³/mol. The Balaban J connectivity index is 0.000000104. The van der Waals surface area contributed by atoms with E-state index in [4.69, 9.17) is 0 Å². The fourth-order valence-electron chi connectivity index (χ4n) is 19.7. The molecule has 4 saturated heterocycles. The highest BCUT2D eigenvalue weighted by molar-refractivity contribution is 9.10. The van der Waals surface area contributed by atoms with Gasteiger partial charge in [0, 0.05) is 197 Å². The number of nitrogens with zero attached hydrogens (tertiary/aromatic N) is 12. The van der Waals surface area contributed by atoms with Crippen LogP contribution in [0.4, 0.5) is 8.78 Å². The average molecular weight is 1490 g/mol. The van der Waals surface area contributed by atoms with Crippen LogP contribution in [0.5, 0.6) is 0 Å². The zero-order valence-corrected chi connectivity index (χ0v) is 62.5. The third-order valence-electron chi connectivity index (χ3n) is 24.5. The highest BCUT2D eigenvalue weighted by Gasteiger charge is 2.41. The molecule has 19 heteroatoms. The van der Waals surface area contributed by atoms with Crippen LogP contribution in [0.25, 0.3) is 43.6 Å². The van der Waals surface area contributed by atoms with Crippen molar-refractivity contribution in [1.82, 2.24) is 57.8 Å². The number of hydrogen-bond donors (Lipinski definition) is 4. The molecule has 16 heterocycles. The smallest absolute Gasteiger partial charge is 0.150 e. The molecule has 106 heavy (non-hydrogen) atoms. The van der Waals surface area contributed by atoms with E-state index in [1.807, 2.05) is 41.0 Å². The number of aliphatic hydroxyl groups is 4. The van der Waals surface area contributed by atoms with E-state index in [1.54, 1.807) is 61.7 Å². The van der Waals surface area contributed by atoms with Gasteiger partial charge in [0.05, 0.1) is 61.6 Å². The number of aromatic nitrogens is 8. The zero-order valence-electron chi connectivity index (χ0n) is 60.9. The summed E-state index contributed by atoms with van der Waals surface area (Å²) in [6, 6.07) is 37.3. The van der Waals surface area contributed by atoms with Gasteiger partial charge in [-0.3, -0.25) is 39.5 Å². The quantitative estimate of drug-likeness (QED) is 0.0916. The number of hydrogen-bond acceptors (Lipinski definition) is 12. The third kappa shape index (κ3) is 13.3. The van der Waals surface area contributed by atoms with Gasteiger partial charge in [-0.15, -0.1) is 0 Å². The molecule has 0 saturated carbocycles. The lowest BCUT2D eigenvalue weighted by molar-refractivity contribution is 0.154. The predicted octanol–water partition coefficient (Wildman–Crippen LogP) is 15.8. The maximum Gasteiger partial charge on any atom is 0.150 e. The van der Waals surface area contributed by atoms with Crippen LogP contribution in [0.3, 0.4) is 0 Å². The van der Waals surface area contributed by atoms with Crippen LogP contribution in [0.2, 0.25) is 0 Å². The molecule has 20 rings (SSSR count). The van der Waals surface area contributed by atoms with E-state index in [0.29, 0.717) is 48.7 Å². The molecular weight excluding hydrogens is 1390 g/mol. The van der Waals surface area contributed by atoms with Crippen LogP contribution in [-0.2, 0) is 51.9 Å². The van der Waals surface area contributed by atoms with Crippen molar-refractivity contribution < 1.29 is 29.2 Å². The summed E-state index contributed by atoms with van der Waals surface area (Å²) in [5.74, 6) is -1.12. The summed E-state index contributed by atoms with van der Waals surface area (Å²) in [4.78, 5) is 26.6. The van der Waals surface area contributed by atoms with Gasteiger partial charge in [-0.2, -0.15) is 0 Å². The Morgan fingerprint density at radius 1 is 0.387 bits per heavy atom.